The van der Waals surface area contributed by atoms with Crippen molar-refractivity contribution in [2.75, 3.05) is 31.5 Å². The van der Waals surface area contributed by atoms with Gasteiger partial charge in [-0.1, -0.05) is 13.8 Å². The number of anilines is 1. The minimum Gasteiger partial charge on any atom is -0.368 e. The Hall–Kier alpha value is -1.62. The van der Waals surface area contributed by atoms with Crippen LogP contribution in [0.2, 0.25) is 0 Å². The Morgan fingerprint density at radius 2 is 2.11 bits per heavy atom. The van der Waals surface area contributed by atoms with Crippen molar-refractivity contribution in [3.05, 3.63) is 18.0 Å². The topological polar surface area (TPSA) is 56.8 Å². The van der Waals surface area contributed by atoms with Crippen molar-refractivity contribution in [1.29, 1.82) is 0 Å². The molecule has 0 aliphatic heterocycles. The van der Waals surface area contributed by atoms with Crippen LogP contribution in [0.3, 0.4) is 0 Å². The molecule has 0 aliphatic rings. The number of hydrogen-bond acceptors (Lipinski definition) is 4. The first-order valence-electron chi connectivity index (χ1n) is 6.52. The summed E-state index contributed by atoms with van der Waals surface area (Å²) >= 11 is 0. The van der Waals surface area contributed by atoms with E-state index in [4.69, 9.17) is 0 Å². The van der Waals surface area contributed by atoms with E-state index in [0.29, 0.717) is 0 Å². The van der Waals surface area contributed by atoms with Crippen LogP contribution in [-0.4, -0.2) is 46.3 Å². The van der Waals surface area contributed by atoms with E-state index in [9.17, 15) is 0 Å². The fourth-order valence-corrected chi connectivity index (χ4v) is 2.12. The van der Waals surface area contributed by atoms with Crippen molar-refractivity contribution in [3.63, 3.8) is 0 Å². The van der Waals surface area contributed by atoms with E-state index < -0.39 is 0 Å². The number of aromatic nitrogens is 3. The zero-order valence-corrected chi connectivity index (χ0v) is 11.3. The van der Waals surface area contributed by atoms with Crippen LogP contribution in [0, 0.1) is 6.92 Å². The van der Waals surface area contributed by atoms with Crippen molar-refractivity contribution in [2.45, 2.75) is 20.8 Å². The molecule has 2 heterocycles. The van der Waals surface area contributed by atoms with E-state index in [-0.39, 0.29) is 0 Å². The van der Waals surface area contributed by atoms with E-state index >= 15 is 0 Å². The molecule has 5 nitrogen and oxygen atoms in total. The zero-order valence-electron chi connectivity index (χ0n) is 11.3. The number of aromatic amines is 1. The molecule has 0 radical (unpaired) electrons. The van der Waals surface area contributed by atoms with Gasteiger partial charge in [-0.2, -0.15) is 5.10 Å². The third-order valence-electron chi connectivity index (χ3n) is 3.26. The van der Waals surface area contributed by atoms with Crippen LogP contribution < -0.4 is 5.32 Å². The molecule has 98 valence electrons. The largest absolute Gasteiger partial charge is 0.368 e. The Morgan fingerprint density at radius 1 is 1.33 bits per heavy atom. The van der Waals surface area contributed by atoms with E-state index in [2.05, 4.69) is 39.2 Å². The van der Waals surface area contributed by atoms with E-state index in [1.54, 1.807) is 6.20 Å². The van der Waals surface area contributed by atoms with Crippen LogP contribution in [0.1, 0.15) is 19.5 Å². The Labute approximate surface area is 108 Å². The lowest BCUT2D eigenvalue weighted by molar-refractivity contribution is 0.316. The molecule has 0 unspecified atom stereocenters. The summed E-state index contributed by atoms with van der Waals surface area (Å²) in [7, 11) is 0. The summed E-state index contributed by atoms with van der Waals surface area (Å²) in [5.74, 6) is 0.922. The number of rotatable bonds is 6. The summed E-state index contributed by atoms with van der Waals surface area (Å²) in [6, 6.07) is 1.93. The number of nitrogens with one attached hydrogen (secondary N) is 2. The number of nitrogens with zero attached hydrogens (tertiary/aromatic N) is 3. The normalized spacial score (nSPS) is 11.3. The molecule has 0 amide bonds. The van der Waals surface area contributed by atoms with Crippen LogP contribution in [0.5, 0.6) is 0 Å². The molecule has 0 saturated carbocycles. The van der Waals surface area contributed by atoms with Gasteiger partial charge in [0.25, 0.3) is 0 Å². The summed E-state index contributed by atoms with van der Waals surface area (Å²) < 4.78 is 0. The van der Waals surface area contributed by atoms with Gasteiger partial charge in [-0.05, 0) is 26.1 Å². The van der Waals surface area contributed by atoms with Gasteiger partial charge in [0.1, 0.15) is 5.82 Å². The van der Waals surface area contributed by atoms with Gasteiger partial charge < -0.3 is 10.2 Å². The third-order valence-corrected chi connectivity index (χ3v) is 3.26. The molecule has 2 N–H and O–H groups in total. The van der Waals surface area contributed by atoms with Crippen LogP contribution in [0.4, 0.5) is 5.82 Å². The molecule has 0 aliphatic carbocycles. The van der Waals surface area contributed by atoms with Gasteiger partial charge in [0.15, 0.2) is 0 Å². The average molecular weight is 247 g/mol. The summed E-state index contributed by atoms with van der Waals surface area (Å²) in [5, 5.41) is 11.7. The van der Waals surface area contributed by atoms with E-state index in [0.717, 1.165) is 48.6 Å². The number of fused-ring (bicyclic) bond motifs is 1. The maximum atomic E-state index is 4.40. The first-order chi connectivity index (χ1) is 8.76. The summed E-state index contributed by atoms with van der Waals surface area (Å²) in [6.45, 7) is 10.5. The minimum absolute atomic E-state index is 0.901. The highest BCUT2D eigenvalue weighted by atomic mass is 15.1. The molecular formula is C13H21N5. The molecule has 5 heteroatoms. The van der Waals surface area contributed by atoms with Gasteiger partial charge in [0, 0.05) is 25.0 Å². The minimum atomic E-state index is 0.901. The maximum absolute atomic E-state index is 4.40. The van der Waals surface area contributed by atoms with Crippen molar-refractivity contribution < 1.29 is 0 Å². The fraction of sp³-hybridized carbons (Fsp3) is 0.538. The number of pyridine rings is 1. The van der Waals surface area contributed by atoms with Gasteiger partial charge in [0.2, 0.25) is 0 Å². The smallest absolute Gasteiger partial charge is 0.137 e. The lowest BCUT2D eigenvalue weighted by atomic mass is 10.2. The second kappa shape index (κ2) is 5.82. The molecule has 0 bridgehead atoms. The number of hydrogen-bond donors (Lipinski definition) is 2. The molecule has 18 heavy (non-hydrogen) atoms. The number of H-pyrrole nitrogens is 1. The maximum Gasteiger partial charge on any atom is 0.137 e. The van der Waals surface area contributed by atoms with Crippen molar-refractivity contribution in [3.8, 4) is 0 Å². The SMILES string of the molecule is CCN(CC)CCNc1nccc2n[nH]c(C)c12. The Bertz CT molecular complexity index is 501. The van der Waals surface area contributed by atoms with Crippen LogP contribution >= 0.6 is 0 Å². The van der Waals surface area contributed by atoms with Gasteiger partial charge in [-0.15, -0.1) is 0 Å². The predicted octanol–water partition coefficient (Wildman–Crippen LogP) is 2.02. The molecule has 0 spiro atoms. The average Bonchev–Trinajstić information content (AvgIpc) is 2.77. The lowest BCUT2D eigenvalue weighted by Gasteiger charge is -2.18. The molecule has 0 fully saturated rings. The van der Waals surface area contributed by atoms with Crippen LogP contribution in [0.25, 0.3) is 10.9 Å². The molecule has 0 saturated heterocycles. The highest BCUT2D eigenvalue weighted by Gasteiger charge is 2.08. The van der Waals surface area contributed by atoms with Gasteiger partial charge in [0.05, 0.1) is 10.9 Å². The van der Waals surface area contributed by atoms with E-state index in [1.165, 1.54) is 0 Å². The summed E-state index contributed by atoms with van der Waals surface area (Å²) in [6.07, 6.45) is 1.79. The fourth-order valence-electron chi connectivity index (χ4n) is 2.12. The Kier molecular flexibility index (Phi) is 4.15. The highest BCUT2D eigenvalue weighted by molar-refractivity contribution is 5.91. The number of likely N-dealkylation sites (N-methyl/N-ethyl adjacent to an activating group) is 1. The third kappa shape index (κ3) is 2.61. The van der Waals surface area contributed by atoms with Crippen LogP contribution in [-0.2, 0) is 0 Å². The van der Waals surface area contributed by atoms with Crippen molar-refractivity contribution in [1.82, 2.24) is 20.1 Å². The first-order valence-corrected chi connectivity index (χ1v) is 6.52. The summed E-state index contributed by atoms with van der Waals surface area (Å²) in [4.78, 5) is 6.78. The summed E-state index contributed by atoms with van der Waals surface area (Å²) in [5.41, 5.74) is 2.02. The van der Waals surface area contributed by atoms with E-state index in [1.807, 2.05) is 13.0 Å². The highest BCUT2D eigenvalue weighted by Crippen LogP contribution is 2.21. The molecule has 0 atom stereocenters. The quantitative estimate of drug-likeness (QED) is 0.820. The standard InChI is InChI=1S/C13H21N5/c1-4-18(5-2)9-8-15-13-12-10(3)16-17-11(12)6-7-14-13/h6-7H,4-5,8-9H2,1-3H3,(H,14,15)(H,16,17). The van der Waals surface area contributed by atoms with Crippen molar-refractivity contribution in [2.24, 2.45) is 0 Å². The second-order valence-electron chi connectivity index (χ2n) is 4.36. The molecular weight excluding hydrogens is 226 g/mol. The van der Waals surface area contributed by atoms with Crippen LogP contribution in [0.15, 0.2) is 12.3 Å². The van der Waals surface area contributed by atoms with Crippen molar-refractivity contribution >= 4 is 16.7 Å². The molecule has 2 aromatic heterocycles. The van der Waals surface area contributed by atoms with Gasteiger partial charge in [-0.3, -0.25) is 5.10 Å². The monoisotopic (exact) mass is 247 g/mol. The first kappa shape index (κ1) is 12.8. The lowest BCUT2D eigenvalue weighted by Crippen LogP contribution is -2.28. The number of aryl methyl sites for hydroxylation is 1. The second-order valence-corrected chi connectivity index (χ2v) is 4.36. The molecule has 0 aromatic carbocycles. The van der Waals surface area contributed by atoms with Gasteiger partial charge >= 0.3 is 0 Å². The molecule has 2 aromatic rings. The Balaban J connectivity index is 2.05. The van der Waals surface area contributed by atoms with Gasteiger partial charge in [-0.25, -0.2) is 4.98 Å². The predicted molar refractivity (Wildman–Crippen MR) is 74.9 cm³/mol. The Morgan fingerprint density at radius 3 is 2.83 bits per heavy atom. The zero-order chi connectivity index (χ0) is 13.0. The molecule has 2 rings (SSSR count).